The lowest BCUT2D eigenvalue weighted by Gasteiger charge is -2.18. The van der Waals surface area contributed by atoms with Gasteiger partial charge in [-0.3, -0.25) is 0 Å². The van der Waals surface area contributed by atoms with E-state index in [-0.39, 0.29) is 26.9 Å². The van der Waals surface area contributed by atoms with E-state index in [1.807, 2.05) is 6.07 Å². The lowest BCUT2D eigenvalue weighted by molar-refractivity contribution is 0.177. The first-order chi connectivity index (χ1) is 12.5. The second-order valence-corrected chi connectivity index (χ2v) is 8.89. The molecule has 0 spiro atoms. The van der Waals surface area contributed by atoms with Crippen molar-refractivity contribution in [2.45, 2.75) is 30.9 Å². The molecular formula is C15H16Br2N6O3S. The van der Waals surface area contributed by atoms with Crippen LogP contribution in [0.2, 0.25) is 0 Å². The molecule has 1 aromatic carbocycles. The molecule has 0 saturated heterocycles. The number of halogens is 2. The maximum Gasteiger partial charge on any atom is 0.240 e. The zero-order valence-electron chi connectivity index (χ0n) is 14.2. The number of nitriles is 1. The molecule has 0 fully saturated rings. The molecule has 9 nitrogen and oxygen atoms in total. The summed E-state index contributed by atoms with van der Waals surface area (Å²) in [4.78, 5) is 8.15. The molecule has 0 radical (unpaired) electrons. The average Bonchev–Trinajstić information content (AvgIpc) is 2.55. The van der Waals surface area contributed by atoms with Crippen molar-refractivity contribution in [3.8, 4) is 6.07 Å². The van der Waals surface area contributed by atoms with Gasteiger partial charge in [-0.25, -0.2) is 18.5 Å². The van der Waals surface area contributed by atoms with Crippen LogP contribution < -0.4 is 15.8 Å². The van der Waals surface area contributed by atoms with E-state index in [0.717, 1.165) is 0 Å². The molecule has 0 bridgehead atoms. The Kier molecular flexibility index (Phi) is 6.77. The summed E-state index contributed by atoms with van der Waals surface area (Å²) in [6, 6.07) is 4.35. The molecule has 0 unspecified atom stereocenters. The van der Waals surface area contributed by atoms with Gasteiger partial charge in [0, 0.05) is 16.4 Å². The highest BCUT2D eigenvalue weighted by Crippen LogP contribution is 2.30. The highest BCUT2D eigenvalue weighted by Gasteiger charge is 2.20. The van der Waals surface area contributed by atoms with Gasteiger partial charge in [-0.2, -0.15) is 10.2 Å². The molecular weight excluding hydrogens is 504 g/mol. The molecule has 2 aromatic rings. The van der Waals surface area contributed by atoms with Gasteiger partial charge in [0.2, 0.25) is 16.0 Å². The molecule has 144 valence electrons. The number of benzene rings is 1. The van der Waals surface area contributed by atoms with Crippen molar-refractivity contribution in [3.05, 3.63) is 32.8 Å². The Labute approximate surface area is 173 Å². The molecule has 0 amide bonds. The van der Waals surface area contributed by atoms with E-state index in [0.29, 0.717) is 16.0 Å². The zero-order chi connectivity index (χ0) is 20.4. The van der Waals surface area contributed by atoms with Crippen LogP contribution in [0.4, 0.5) is 17.5 Å². The third-order valence-electron chi connectivity index (χ3n) is 3.54. The first-order valence-electron chi connectivity index (χ1n) is 7.53. The molecule has 2 rings (SSSR count). The van der Waals surface area contributed by atoms with E-state index in [9.17, 15) is 18.8 Å². The summed E-state index contributed by atoms with van der Waals surface area (Å²) in [5.41, 5.74) is 0.273. The van der Waals surface area contributed by atoms with E-state index in [2.05, 4.69) is 52.5 Å². The summed E-state index contributed by atoms with van der Waals surface area (Å²) < 4.78 is 24.1. The van der Waals surface area contributed by atoms with Gasteiger partial charge < -0.3 is 15.7 Å². The monoisotopic (exact) mass is 518 g/mol. The fourth-order valence-corrected chi connectivity index (χ4v) is 4.22. The first kappa shape index (κ1) is 21.5. The fourth-order valence-electron chi connectivity index (χ4n) is 2.03. The number of nitrogens with two attached hydrogens (primary N) is 1. The highest BCUT2D eigenvalue weighted by atomic mass is 79.9. The predicted octanol–water partition coefficient (Wildman–Crippen LogP) is 2.45. The van der Waals surface area contributed by atoms with Crippen molar-refractivity contribution in [1.82, 2.24) is 9.97 Å². The molecule has 0 saturated carbocycles. The summed E-state index contributed by atoms with van der Waals surface area (Å²) in [7, 11) is -4.07. The lowest BCUT2D eigenvalue weighted by atomic mass is 10.2. The average molecular weight is 520 g/mol. The standard InChI is InChI=1S/C15H16Br2N6O3S/c1-7(8(2)24)21-14-12(17)6-20-15(23-14)22-10-3-9(5-18)13(11(16)4-10)27(19,25)26/h3-4,6-8,24H,1-2H3,(H2,19,25,26)(H2,20,21,22,23)/t7-,8-/m1/s1. The number of nitrogens with one attached hydrogen (secondary N) is 2. The van der Waals surface area contributed by atoms with Gasteiger partial charge in [0.1, 0.15) is 16.8 Å². The van der Waals surface area contributed by atoms with Crippen molar-refractivity contribution in [3.63, 3.8) is 0 Å². The smallest absolute Gasteiger partial charge is 0.240 e. The van der Waals surface area contributed by atoms with Crippen LogP contribution in [-0.2, 0) is 10.0 Å². The molecule has 12 heteroatoms. The van der Waals surface area contributed by atoms with Gasteiger partial charge in [0.05, 0.1) is 22.2 Å². The molecule has 0 aliphatic heterocycles. The number of primary sulfonamides is 1. The second kappa shape index (κ2) is 8.49. The maximum absolute atomic E-state index is 11.7. The number of hydrogen-bond donors (Lipinski definition) is 4. The van der Waals surface area contributed by atoms with Gasteiger partial charge in [-0.1, -0.05) is 0 Å². The minimum atomic E-state index is -4.07. The number of aliphatic hydroxyl groups is 1. The summed E-state index contributed by atoms with van der Waals surface area (Å²) in [5, 5.41) is 30.0. The van der Waals surface area contributed by atoms with Gasteiger partial charge in [0.25, 0.3) is 0 Å². The van der Waals surface area contributed by atoms with Gasteiger partial charge >= 0.3 is 0 Å². The van der Waals surface area contributed by atoms with Crippen LogP contribution in [0.25, 0.3) is 0 Å². The quantitative estimate of drug-likeness (QED) is 0.453. The molecule has 5 N–H and O–H groups in total. The first-order valence-corrected chi connectivity index (χ1v) is 10.7. The minimum Gasteiger partial charge on any atom is -0.391 e. The van der Waals surface area contributed by atoms with Gasteiger partial charge in [0.15, 0.2) is 0 Å². The fraction of sp³-hybridized carbons (Fsp3) is 0.267. The molecule has 27 heavy (non-hydrogen) atoms. The topological polar surface area (TPSA) is 154 Å². The number of sulfonamides is 1. The third-order valence-corrected chi connectivity index (χ3v) is 6.01. The Balaban J connectivity index is 2.38. The number of rotatable bonds is 6. The van der Waals surface area contributed by atoms with Gasteiger partial charge in [-0.15, -0.1) is 0 Å². The number of hydrogen-bond acceptors (Lipinski definition) is 8. The largest absolute Gasteiger partial charge is 0.391 e. The molecule has 0 aliphatic carbocycles. The van der Waals surface area contributed by atoms with Crippen LogP contribution in [0.15, 0.2) is 32.2 Å². The molecule has 1 heterocycles. The van der Waals surface area contributed by atoms with Crippen LogP contribution >= 0.6 is 31.9 Å². The highest BCUT2D eigenvalue weighted by molar-refractivity contribution is 9.10. The van der Waals surface area contributed by atoms with E-state index in [1.165, 1.54) is 18.3 Å². The van der Waals surface area contributed by atoms with Crippen LogP contribution in [0.5, 0.6) is 0 Å². The second-order valence-electron chi connectivity index (χ2n) is 5.68. The van der Waals surface area contributed by atoms with E-state index >= 15 is 0 Å². The van der Waals surface area contributed by atoms with Gasteiger partial charge in [-0.05, 0) is 57.8 Å². The maximum atomic E-state index is 11.7. The van der Waals surface area contributed by atoms with E-state index < -0.39 is 16.1 Å². The Morgan fingerprint density at radius 1 is 1.30 bits per heavy atom. The molecule has 0 aliphatic rings. The third kappa shape index (κ3) is 5.36. The SMILES string of the molecule is C[C@@H](O)[C@@H](C)Nc1nc(Nc2cc(Br)c(S(N)(=O)=O)c(C#N)c2)ncc1Br. The van der Waals surface area contributed by atoms with E-state index in [4.69, 9.17) is 5.14 Å². The molecule has 1 aromatic heterocycles. The number of nitrogens with zero attached hydrogens (tertiary/aromatic N) is 3. The summed E-state index contributed by atoms with van der Waals surface area (Å²) in [5.74, 6) is 0.666. The van der Waals surface area contributed by atoms with E-state index in [1.54, 1.807) is 13.8 Å². The Hall–Kier alpha value is -1.78. The predicted molar refractivity (Wildman–Crippen MR) is 108 cm³/mol. The van der Waals surface area contributed by atoms with Crippen molar-refractivity contribution >= 4 is 59.3 Å². The number of aromatic nitrogens is 2. The Bertz CT molecular complexity index is 1010. The number of anilines is 3. The normalized spacial score (nSPS) is 13.5. The summed E-state index contributed by atoms with van der Waals surface area (Å²) in [6.45, 7) is 3.45. The van der Waals surface area contributed by atoms with Crippen molar-refractivity contribution in [2.75, 3.05) is 10.6 Å². The number of aliphatic hydroxyl groups excluding tert-OH is 1. The van der Waals surface area contributed by atoms with Crippen LogP contribution in [0, 0.1) is 11.3 Å². The zero-order valence-corrected chi connectivity index (χ0v) is 18.2. The molecule has 2 atom stereocenters. The minimum absolute atomic E-state index is 0.118. The van der Waals surface area contributed by atoms with Crippen LogP contribution in [0.1, 0.15) is 19.4 Å². The van der Waals surface area contributed by atoms with Crippen molar-refractivity contribution < 1.29 is 13.5 Å². The Morgan fingerprint density at radius 2 is 1.96 bits per heavy atom. The summed E-state index contributed by atoms with van der Waals surface area (Å²) >= 11 is 6.46. The Morgan fingerprint density at radius 3 is 2.52 bits per heavy atom. The van der Waals surface area contributed by atoms with Crippen molar-refractivity contribution in [2.24, 2.45) is 5.14 Å². The lowest BCUT2D eigenvalue weighted by Crippen LogP contribution is -2.28. The van der Waals surface area contributed by atoms with Crippen molar-refractivity contribution in [1.29, 1.82) is 5.26 Å². The van der Waals surface area contributed by atoms with Crippen LogP contribution in [0.3, 0.4) is 0 Å². The summed E-state index contributed by atoms with van der Waals surface area (Å²) in [6.07, 6.45) is 0.925. The van der Waals surface area contributed by atoms with Crippen LogP contribution in [-0.4, -0.2) is 35.6 Å².